The number of carbonyl (C=O) groups excluding carboxylic acids is 1. The van der Waals surface area contributed by atoms with E-state index in [0.717, 1.165) is 5.56 Å². The fourth-order valence-corrected chi connectivity index (χ4v) is 4.78. The molecule has 0 saturated carbocycles. The summed E-state index contributed by atoms with van der Waals surface area (Å²) in [6.07, 6.45) is -0.320. The normalized spacial score (nSPS) is 15.1. The molecule has 3 aromatic rings. The molecule has 0 bridgehead atoms. The van der Waals surface area contributed by atoms with Crippen LogP contribution < -0.4 is 19.5 Å². The number of nitrogens with one attached hydrogen (secondary N) is 2. The van der Waals surface area contributed by atoms with E-state index in [1.165, 1.54) is 6.07 Å². The number of amides is 1. The summed E-state index contributed by atoms with van der Waals surface area (Å²) in [4.78, 5) is 12.8. The molecule has 2 N–H and O–H groups in total. The van der Waals surface area contributed by atoms with E-state index in [9.17, 15) is 13.2 Å². The van der Waals surface area contributed by atoms with Gasteiger partial charge in [-0.2, -0.15) is 0 Å². The van der Waals surface area contributed by atoms with Gasteiger partial charge in [0.15, 0.2) is 11.5 Å². The van der Waals surface area contributed by atoms with Crippen molar-refractivity contribution in [3.05, 3.63) is 83.4 Å². The minimum atomic E-state index is -3.79. The molecule has 8 heteroatoms. The number of sulfonamides is 1. The third-order valence-electron chi connectivity index (χ3n) is 5.07. The summed E-state index contributed by atoms with van der Waals surface area (Å²) in [5.74, 6) is 0.986. The number of aryl methyl sites for hydroxylation is 2. The lowest BCUT2D eigenvalue weighted by molar-refractivity contribution is 0.0789. The van der Waals surface area contributed by atoms with Crippen LogP contribution in [0.2, 0.25) is 0 Å². The van der Waals surface area contributed by atoms with Crippen LogP contribution in [0.5, 0.6) is 11.5 Å². The van der Waals surface area contributed by atoms with Gasteiger partial charge in [0.05, 0.1) is 11.4 Å². The maximum atomic E-state index is 12.8. The van der Waals surface area contributed by atoms with E-state index in [-0.39, 0.29) is 23.5 Å². The molecule has 32 heavy (non-hydrogen) atoms. The number of anilines is 1. The second kappa shape index (κ2) is 8.92. The van der Waals surface area contributed by atoms with Crippen LogP contribution in [0.4, 0.5) is 5.69 Å². The van der Waals surface area contributed by atoms with Gasteiger partial charge in [0.2, 0.25) is 0 Å². The van der Waals surface area contributed by atoms with Crippen molar-refractivity contribution >= 4 is 21.6 Å². The van der Waals surface area contributed by atoms with Crippen molar-refractivity contribution in [3.8, 4) is 11.5 Å². The number of benzene rings is 3. The summed E-state index contributed by atoms with van der Waals surface area (Å²) in [6, 6.07) is 19.0. The SMILES string of the molecule is Cc1ccc(C)c(S(=O)(=O)Nc2cccc(C(=O)NC[C@@H]3COc4ccccc4O3)c2)c1. The monoisotopic (exact) mass is 452 g/mol. The summed E-state index contributed by atoms with van der Waals surface area (Å²) < 4.78 is 39.8. The minimum absolute atomic E-state index is 0.210. The molecular formula is C24H24N2O5S. The largest absolute Gasteiger partial charge is 0.486 e. The predicted molar refractivity (Wildman–Crippen MR) is 122 cm³/mol. The van der Waals surface area contributed by atoms with E-state index >= 15 is 0 Å². The molecule has 0 spiro atoms. The minimum Gasteiger partial charge on any atom is -0.486 e. The fraction of sp³-hybridized carbons (Fsp3) is 0.208. The zero-order chi connectivity index (χ0) is 22.7. The Hall–Kier alpha value is -3.52. The molecule has 0 saturated heterocycles. The Kier molecular flexibility index (Phi) is 6.05. The molecule has 1 atom stereocenters. The molecule has 1 heterocycles. The van der Waals surface area contributed by atoms with Crippen molar-refractivity contribution in [1.82, 2.24) is 5.32 Å². The van der Waals surface area contributed by atoms with Crippen LogP contribution in [0.15, 0.2) is 71.6 Å². The highest BCUT2D eigenvalue weighted by Gasteiger charge is 2.22. The first kappa shape index (κ1) is 21.7. The van der Waals surface area contributed by atoms with Gasteiger partial charge in [-0.25, -0.2) is 8.42 Å². The number of para-hydroxylation sites is 2. The van der Waals surface area contributed by atoms with E-state index in [1.54, 1.807) is 37.3 Å². The average Bonchev–Trinajstić information content (AvgIpc) is 2.78. The van der Waals surface area contributed by atoms with Gasteiger partial charge in [-0.05, 0) is 61.4 Å². The van der Waals surface area contributed by atoms with Crippen LogP contribution in [-0.4, -0.2) is 33.6 Å². The van der Waals surface area contributed by atoms with Gasteiger partial charge < -0.3 is 14.8 Å². The molecule has 1 aliphatic heterocycles. The Balaban J connectivity index is 1.41. The number of hydrogen-bond acceptors (Lipinski definition) is 5. The van der Waals surface area contributed by atoms with Crippen LogP contribution in [-0.2, 0) is 10.0 Å². The van der Waals surface area contributed by atoms with E-state index in [1.807, 2.05) is 37.3 Å². The van der Waals surface area contributed by atoms with Crippen molar-refractivity contribution < 1.29 is 22.7 Å². The summed E-state index contributed by atoms with van der Waals surface area (Å²) in [7, 11) is -3.79. The number of hydrogen-bond donors (Lipinski definition) is 2. The van der Waals surface area contributed by atoms with Gasteiger partial charge in [-0.1, -0.05) is 30.3 Å². The Bertz CT molecular complexity index is 1260. The van der Waals surface area contributed by atoms with Gasteiger partial charge in [-0.3, -0.25) is 9.52 Å². The predicted octanol–water partition coefficient (Wildman–Crippen LogP) is 3.67. The van der Waals surface area contributed by atoms with Crippen LogP contribution in [0.1, 0.15) is 21.5 Å². The molecule has 0 unspecified atom stereocenters. The van der Waals surface area contributed by atoms with E-state index in [4.69, 9.17) is 9.47 Å². The van der Waals surface area contributed by atoms with Crippen LogP contribution in [0.3, 0.4) is 0 Å². The van der Waals surface area contributed by atoms with E-state index in [0.29, 0.717) is 34.9 Å². The first-order valence-corrected chi connectivity index (χ1v) is 11.7. The Morgan fingerprint density at radius 3 is 2.59 bits per heavy atom. The molecular weight excluding hydrogens is 428 g/mol. The molecule has 1 aliphatic rings. The summed E-state index contributed by atoms with van der Waals surface area (Å²) in [6.45, 7) is 4.16. The first-order chi connectivity index (χ1) is 15.3. The maximum absolute atomic E-state index is 12.8. The van der Waals surface area contributed by atoms with Crippen molar-refractivity contribution in [1.29, 1.82) is 0 Å². The van der Waals surface area contributed by atoms with Gasteiger partial charge in [-0.15, -0.1) is 0 Å². The zero-order valence-electron chi connectivity index (χ0n) is 17.8. The third kappa shape index (κ3) is 4.86. The van der Waals surface area contributed by atoms with Gasteiger partial charge in [0, 0.05) is 11.3 Å². The number of fused-ring (bicyclic) bond motifs is 1. The Labute approximate surface area is 187 Å². The lowest BCUT2D eigenvalue weighted by atomic mass is 10.2. The number of carbonyl (C=O) groups is 1. The van der Waals surface area contributed by atoms with E-state index < -0.39 is 10.0 Å². The number of rotatable bonds is 6. The van der Waals surface area contributed by atoms with Gasteiger partial charge in [0.1, 0.15) is 12.7 Å². The zero-order valence-corrected chi connectivity index (χ0v) is 18.6. The average molecular weight is 453 g/mol. The lowest BCUT2D eigenvalue weighted by Gasteiger charge is -2.26. The smallest absolute Gasteiger partial charge is 0.262 e. The van der Waals surface area contributed by atoms with E-state index in [2.05, 4.69) is 10.0 Å². The highest BCUT2D eigenvalue weighted by atomic mass is 32.2. The van der Waals surface area contributed by atoms with Crippen LogP contribution >= 0.6 is 0 Å². The van der Waals surface area contributed by atoms with Gasteiger partial charge >= 0.3 is 0 Å². The quantitative estimate of drug-likeness (QED) is 0.595. The van der Waals surface area contributed by atoms with Gasteiger partial charge in [0.25, 0.3) is 15.9 Å². The second-order valence-corrected chi connectivity index (χ2v) is 9.31. The molecule has 0 radical (unpaired) electrons. The third-order valence-corrected chi connectivity index (χ3v) is 6.59. The molecule has 3 aromatic carbocycles. The lowest BCUT2D eigenvalue weighted by Crippen LogP contribution is -2.40. The molecule has 0 fully saturated rings. The maximum Gasteiger partial charge on any atom is 0.262 e. The Morgan fingerprint density at radius 1 is 1.00 bits per heavy atom. The second-order valence-electron chi connectivity index (χ2n) is 7.66. The summed E-state index contributed by atoms with van der Waals surface area (Å²) >= 11 is 0. The van der Waals surface area contributed by atoms with Crippen molar-refractivity contribution in [2.24, 2.45) is 0 Å². The van der Waals surface area contributed by atoms with Crippen LogP contribution in [0.25, 0.3) is 0 Å². The van der Waals surface area contributed by atoms with Crippen molar-refractivity contribution in [2.45, 2.75) is 24.8 Å². The molecule has 0 aromatic heterocycles. The van der Waals surface area contributed by atoms with Crippen LogP contribution in [0, 0.1) is 13.8 Å². The van der Waals surface area contributed by atoms with Crippen molar-refractivity contribution in [3.63, 3.8) is 0 Å². The molecule has 166 valence electrons. The summed E-state index contributed by atoms with van der Waals surface area (Å²) in [5.41, 5.74) is 2.14. The number of ether oxygens (including phenoxy) is 2. The highest BCUT2D eigenvalue weighted by molar-refractivity contribution is 7.92. The Morgan fingerprint density at radius 2 is 1.78 bits per heavy atom. The fourth-order valence-electron chi connectivity index (χ4n) is 3.40. The standard InChI is InChI=1S/C24H24N2O5S/c1-16-10-11-17(2)23(12-16)32(28,29)26-19-7-5-6-18(13-19)24(27)25-14-20-15-30-21-8-3-4-9-22(21)31-20/h3-13,20,26H,14-15H2,1-2H3,(H,25,27)/t20-/m1/s1. The summed E-state index contributed by atoms with van der Waals surface area (Å²) in [5, 5.41) is 2.82. The molecule has 1 amide bonds. The molecule has 4 rings (SSSR count). The topological polar surface area (TPSA) is 93.7 Å². The first-order valence-electron chi connectivity index (χ1n) is 10.2. The highest BCUT2D eigenvalue weighted by Crippen LogP contribution is 2.30. The molecule has 7 nitrogen and oxygen atoms in total. The molecule has 0 aliphatic carbocycles. The van der Waals surface area contributed by atoms with Crippen molar-refractivity contribution in [2.75, 3.05) is 17.9 Å².